The molecule has 0 atom stereocenters. The van der Waals surface area contributed by atoms with Gasteiger partial charge in [0.05, 0.1) is 11.9 Å². The van der Waals surface area contributed by atoms with Gasteiger partial charge in [-0.1, -0.05) is 6.42 Å². The van der Waals surface area contributed by atoms with Gasteiger partial charge in [0.1, 0.15) is 4.60 Å². The third-order valence-corrected chi connectivity index (χ3v) is 5.28. The zero-order valence-corrected chi connectivity index (χ0v) is 12.6. The lowest BCUT2D eigenvalue weighted by atomic mass is 10.2. The number of aryl methyl sites for hydroxylation is 1. The van der Waals surface area contributed by atoms with Crippen LogP contribution in [-0.2, 0) is 10.2 Å². The Morgan fingerprint density at radius 2 is 2.00 bits per heavy atom. The molecule has 1 aromatic rings. The fourth-order valence-corrected chi connectivity index (χ4v) is 3.43. The lowest BCUT2D eigenvalue weighted by molar-refractivity contribution is 0.349. The van der Waals surface area contributed by atoms with Gasteiger partial charge in [0.2, 0.25) is 0 Å². The van der Waals surface area contributed by atoms with E-state index in [1.54, 1.807) is 6.07 Å². The molecule has 7 heteroatoms. The van der Waals surface area contributed by atoms with Gasteiger partial charge in [-0.05, 0) is 47.3 Å². The number of nitrogens with zero attached hydrogens (tertiary/aromatic N) is 2. The van der Waals surface area contributed by atoms with Crippen molar-refractivity contribution >= 4 is 31.8 Å². The lowest BCUT2D eigenvalue weighted by Crippen LogP contribution is -2.39. The van der Waals surface area contributed by atoms with Gasteiger partial charge in [-0.25, -0.2) is 4.98 Å². The van der Waals surface area contributed by atoms with Gasteiger partial charge in [0.15, 0.2) is 0 Å². The van der Waals surface area contributed by atoms with E-state index in [0.29, 0.717) is 18.8 Å². The highest BCUT2D eigenvalue weighted by Gasteiger charge is 2.23. The molecule has 0 bridgehead atoms. The number of hydrogen-bond donors (Lipinski definition) is 1. The van der Waals surface area contributed by atoms with Crippen LogP contribution in [0.1, 0.15) is 24.8 Å². The maximum atomic E-state index is 12.1. The Balaban J connectivity index is 2.13. The minimum Gasteiger partial charge on any atom is -0.269 e. The fraction of sp³-hybridized carbons (Fsp3) is 0.545. The topological polar surface area (TPSA) is 62.3 Å². The summed E-state index contributed by atoms with van der Waals surface area (Å²) in [7, 11) is -3.44. The molecule has 100 valence electrons. The van der Waals surface area contributed by atoms with Crippen LogP contribution in [0.25, 0.3) is 0 Å². The van der Waals surface area contributed by atoms with Gasteiger partial charge in [-0.3, -0.25) is 4.72 Å². The van der Waals surface area contributed by atoms with Crippen LogP contribution in [0.4, 0.5) is 5.69 Å². The predicted molar refractivity (Wildman–Crippen MR) is 74.6 cm³/mol. The summed E-state index contributed by atoms with van der Waals surface area (Å²) >= 11 is 3.29. The molecule has 1 N–H and O–H groups in total. The van der Waals surface area contributed by atoms with Crippen LogP contribution in [0.5, 0.6) is 0 Å². The summed E-state index contributed by atoms with van der Waals surface area (Å²) in [6.07, 6.45) is 4.47. The number of anilines is 1. The first-order valence-electron chi connectivity index (χ1n) is 5.89. The summed E-state index contributed by atoms with van der Waals surface area (Å²) in [6, 6.07) is 1.76. The number of aromatic nitrogens is 1. The number of halogens is 1. The molecule has 0 amide bonds. The third kappa shape index (κ3) is 3.21. The molecule has 1 fully saturated rings. The molecular formula is C11H16BrN3O2S. The van der Waals surface area contributed by atoms with Gasteiger partial charge < -0.3 is 0 Å². The maximum Gasteiger partial charge on any atom is 0.301 e. The molecule has 0 aromatic carbocycles. The van der Waals surface area contributed by atoms with Crippen molar-refractivity contribution in [1.82, 2.24) is 9.29 Å². The zero-order chi connectivity index (χ0) is 13.2. The second-order valence-electron chi connectivity index (χ2n) is 4.40. The monoisotopic (exact) mass is 333 g/mol. The quantitative estimate of drug-likeness (QED) is 0.863. The van der Waals surface area contributed by atoms with Crippen LogP contribution >= 0.6 is 15.9 Å². The highest BCUT2D eigenvalue weighted by atomic mass is 79.9. The van der Waals surface area contributed by atoms with Crippen molar-refractivity contribution in [3.63, 3.8) is 0 Å². The van der Waals surface area contributed by atoms with Crippen LogP contribution in [0, 0.1) is 6.92 Å². The molecule has 2 heterocycles. The second kappa shape index (κ2) is 5.54. The molecule has 0 spiro atoms. The molecule has 1 aliphatic heterocycles. The van der Waals surface area contributed by atoms with Crippen molar-refractivity contribution in [2.24, 2.45) is 0 Å². The summed E-state index contributed by atoms with van der Waals surface area (Å²) in [5.74, 6) is 0. The molecule has 0 aliphatic carbocycles. The summed E-state index contributed by atoms with van der Waals surface area (Å²) in [5, 5.41) is 0. The highest BCUT2D eigenvalue weighted by Crippen LogP contribution is 2.20. The van der Waals surface area contributed by atoms with Gasteiger partial charge in [-0.2, -0.15) is 12.7 Å². The Morgan fingerprint density at radius 3 is 2.61 bits per heavy atom. The molecule has 0 saturated carbocycles. The van der Waals surface area contributed by atoms with Crippen molar-refractivity contribution in [3.05, 3.63) is 22.4 Å². The number of hydrogen-bond acceptors (Lipinski definition) is 3. The standard InChI is InChI=1S/C11H16BrN3O2S/c1-9-7-10(8-13-11(9)12)14-18(16,17)15-5-3-2-4-6-15/h7-8,14H,2-6H2,1H3. The van der Waals surface area contributed by atoms with Gasteiger partial charge >= 0.3 is 10.2 Å². The Bertz CT molecular complexity index is 527. The van der Waals surface area contributed by atoms with Crippen molar-refractivity contribution in [2.45, 2.75) is 26.2 Å². The SMILES string of the molecule is Cc1cc(NS(=O)(=O)N2CCCCC2)cnc1Br. The van der Waals surface area contributed by atoms with Gasteiger partial charge in [0, 0.05) is 13.1 Å². The summed E-state index contributed by atoms with van der Waals surface area (Å²) in [4.78, 5) is 4.08. The third-order valence-electron chi connectivity index (χ3n) is 2.92. The van der Waals surface area contributed by atoms with E-state index >= 15 is 0 Å². The molecule has 1 aliphatic rings. The summed E-state index contributed by atoms with van der Waals surface area (Å²) < 4.78 is 29.0. The largest absolute Gasteiger partial charge is 0.301 e. The molecule has 0 radical (unpaired) electrons. The number of pyridine rings is 1. The average molecular weight is 334 g/mol. The fourth-order valence-electron chi connectivity index (χ4n) is 1.93. The van der Waals surface area contributed by atoms with Crippen LogP contribution in [-0.4, -0.2) is 30.8 Å². The number of rotatable bonds is 3. The van der Waals surface area contributed by atoms with Gasteiger partial charge in [-0.15, -0.1) is 0 Å². The first kappa shape index (κ1) is 13.8. The van der Waals surface area contributed by atoms with Gasteiger partial charge in [0.25, 0.3) is 0 Å². The molecule has 5 nitrogen and oxygen atoms in total. The minimum absolute atomic E-state index is 0.501. The van der Waals surface area contributed by atoms with E-state index in [2.05, 4.69) is 25.6 Å². The Morgan fingerprint density at radius 1 is 1.33 bits per heavy atom. The van der Waals surface area contributed by atoms with E-state index in [1.807, 2.05) is 6.92 Å². The van der Waals surface area contributed by atoms with E-state index in [0.717, 1.165) is 29.4 Å². The number of nitrogens with one attached hydrogen (secondary N) is 1. The normalized spacial score (nSPS) is 17.7. The predicted octanol–water partition coefficient (Wildman–Crippen LogP) is 2.30. The minimum atomic E-state index is -3.44. The molecule has 1 saturated heterocycles. The maximum absolute atomic E-state index is 12.1. The van der Waals surface area contributed by atoms with Crippen molar-refractivity contribution in [3.8, 4) is 0 Å². The second-order valence-corrected chi connectivity index (χ2v) is 6.82. The lowest BCUT2D eigenvalue weighted by Gasteiger charge is -2.26. The molecule has 2 rings (SSSR count). The molecule has 1 aromatic heterocycles. The smallest absolute Gasteiger partial charge is 0.269 e. The van der Waals surface area contributed by atoms with Crippen molar-refractivity contribution < 1.29 is 8.42 Å². The van der Waals surface area contributed by atoms with Crippen molar-refractivity contribution in [1.29, 1.82) is 0 Å². The van der Waals surface area contributed by atoms with E-state index in [9.17, 15) is 8.42 Å². The van der Waals surface area contributed by atoms with E-state index in [4.69, 9.17) is 0 Å². The highest BCUT2D eigenvalue weighted by molar-refractivity contribution is 9.10. The first-order chi connectivity index (χ1) is 8.49. The van der Waals surface area contributed by atoms with E-state index in [1.165, 1.54) is 10.5 Å². The van der Waals surface area contributed by atoms with Crippen LogP contribution in [0.2, 0.25) is 0 Å². The Hall–Kier alpha value is -0.660. The first-order valence-corrected chi connectivity index (χ1v) is 8.12. The number of piperidine rings is 1. The van der Waals surface area contributed by atoms with E-state index in [-0.39, 0.29) is 0 Å². The molecule has 18 heavy (non-hydrogen) atoms. The zero-order valence-electron chi connectivity index (χ0n) is 10.2. The van der Waals surface area contributed by atoms with Crippen molar-refractivity contribution in [2.75, 3.05) is 17.8 Å². The van der Waals surface area contributed by atoms with E-state index < -0.39 is 10.2 Å². The Kier molecular flexibility index (Phi) is 4.24. The van der Waals surface area contributed by atoms with Crippen LogP contribution in [0.15, 0.2) is 16.9 Å². The Labute approximate surface area is 116 Å². The van der Waals surface area contributed by atoms with Crippen LogP contribution in [0.3, 0.4) is 0 Å². The summed E-state index contributed by atoms with van der Waals surface area (Å²) in [5.41, 5.74) is 1.40. The molecular weight excluding hydrogens is 318 g/mol. The van der Waals surface area contributed by atoms with Crippen LogP contribution < -0.4 is 4.72 Å². The molecule has 0 unspecified atom stereocenters. The average Bonchev–Trinajstić information content (AvgIpc) is 2.35. The summed E-state index contributed by atoms with van der Waals surface area (Å²) in [6.45, 7) is 3.06.